The molecule has 0 atom stereocenters. The molecule has 0 radical (unpaired) electrons. The van der Waals surface area contributed by atoms with Crippen LogP contribution in [-0.4, -0.2) is 55.5 Å². The summed E-state index contributed by atoms with van der Waals surface area (Å²) >= 11 is 0. The summed E-state index contributed by atoms with van der Waals surface area (Å²) in [6.45, 7) is 4.86. The molecule has 0 aromatic rings. The van der Waals surface area contributed by atoms with Crippen molar-refractivity contribution in [3.63, 3.8) is 0 Å². The molecule has 0 aliphatic carbocycles. The Morgan fingerprint density at radius 2 is 2.00 bits per heavy atom. The van der Waals surface area contributed by atoms with Crippen molar-refractivity contribution in [1.82, 2.24) is 4.31 Å². The zero-order valence-electron chi connectivity index (χ0n) is 9.27. The Morgan fingerprint density at radius 3 is 2.47 bits per heavy atom. The van der Waals surface area contributed by atoms with Crippen molar-refractivity contribution >= 4 is 10.0 Å². The van der Waals surface area contributed by atoms with Crippen LogP contribution in [-0.2, 0) is 14.8 Å². The van der Waals surface area contributed by atoms with Crippen LogP contribution < -0.4 is 0 Å². The van der Waals surface area contributed by atoms with E-state index in [1.54, 1.807) is 0 Å². The second-order valence-corrected chi connectivity index (χ2v) is 5.95. The van der Waals surface area contributed by atoms with E-state index in [-0.39, 0.29) is 25.4 Å². The average Bonchev–Trinajstić information content (AvgIpc) is 2.13. The Kier molecular flexibility index (Phi) is 4.11. The number of nitrogens with zero attached hydrogens (tertiary/aromatic N) is 1. The van der Waals surface area contributed by atoms with Gasteiger partial charge in [0.25, 0.3) is 0 Å². The zero-order chi connectivity index (χ0) is 11.5. The van der Waals surface area contributed by atoms with E-state index in [1.807, 2.05) is 13.8 Å². The molecule has 5 nitrogen and oxygen atoms in total. The van der Waals surface area contributed by atoms with Gasteiger partial charge in [0.15, 0.2) is 0 Å². The number of ether oxygens (including phenoxy) is 1. The summed E-state index contributed by atoms with van der Waals surface area (Å²) in [6.07, 6.45) is 0.588. The minimum atomic E-state index is -3.23. The van der Waals surface area contributed by atoms with Crippen molar-refractivity contribution in [2.75, 3.05) is 32.1 Å². The Bertz CT molecular complexity index is 295. The molecule has 6 heteroatoms. The van der Waals surface area contributed by atoms with Crippen molar-refractivity contribution in [2.45, 2.75) is 25.9 Å². The van der Waals surface area contributed by atoms with Crippen molar-refractivity contribution in [1.29, 1.82) is 0 Å². The van der Waals surface area contributed by atoms with Crippen LogP contribution in [0.3, 0.4) is 0 Å². The van der Waals surface area contributed by atoms with E-state index in [4.69, 9.17) is 4.74 Å². The van der Waals surface area contributed by atoms with Crippen molar-refractivity contribution in [3.05, 3.63) is 0 Å². The highest BCUT2D eigenvalue weighted by Gasteiger charge is 2.45. The van der Waals surface area contributed by atoms with Crippen molar-refractivity contribution in [2.24, 2.45) is 0 Å². The molecule has 0 saturated carbocycles. The van der Waals surface area contributed by atoms with Crippen LogP contribution in [0.5, 0.6) is 0 Å². The number of hydrogen-bond acceptors (Lipinski definition) is 4. The van der Waals surface area contributed by atoms with E-state index in [9.17, 15) is 13.5 Å². The molecule has 1 N–H and O–H groups in total. The van der Waals surface area contributed by atoms with Crippen LogP contribution in [0.4, 0.5) is 0 Å². The molecule has 0 amide bonds. The molecule has 15 heavy (non-hydrogen) atoms. The second kappa shape index (κ2) is 4.78. The van der Waals surface area contributed by atoms with Crippen LogP contribution in [0.15, 0.2) is 0 Å². The normalized spacial score (nSPS) is 21.3. The van der Waals surface area contributed by atoms with Crippen LogP contribution in [0.2, 0.25) is 0 Å². The third kappa shape index (κ3) is 3.14. The highest BCUT2D eigenvalue weighted by atomic mass is 32.2. The molecule has 0 unspecified atom stereocenters. The molecule has 1 aliphatic heterocycles. The van der Waals surface area contributed by atoms with Gasteiger partial charge in [-0.25, -0.2) is 8.42 Å². The van der Waals surface area contributed by atoms with Crippen LogP contribution >= 0.6 is 0 Å². The smallest absolute Gasteiger partial charge is 0.216 e. The van der Waals surface area contributed by atoms with E-state index in [0.29, 0.717) is 13.0 Å². The van der Waals surface area contributed by atoms with Crippen LogP contribution in [0.25, 0.3) is 0 Å². The van der Waals surface area contributed by atoms with Gasteiger partial charge in [0, 0.05) is 19.7 Å². The van der Waals surface area contributed by atoms with Gasteiger partial charge in [-0.2, -0.15) is 4.31 Å². The summed E-state index contributed by atoms with van der Waals surface area (Å²) in [5.41, 5.74) is -0.807. The first kappa shape index (κ1) is 12.9. The molecule has 0 bridgehead atoms. The van der Waals surface area contributed by atoms with Gasteiger partial charge in [-0.1, -0.05) is 6.92 Å². The molecule has 1 heterocycles. The molecule has 0 aromatic heterocycles. The molecule has 1 saturated heterocycles. The largest absolute Gasteiger partial charge is 0.387 e. The lowest BCUT2D eigenvalue weighted by atomic mass is 9.94. The SMILES string of the molecule is CCOCCS(=O)(=O)N1CC(O)(CC)C1. The Balaban J connectivity index is 2.38. The maximum Gasteiger partial charge on any atom is 0.216 e. The lowest BCUT2D eigenvalue weighted by molar-refractivity contribution is -0.0615. The highest BCUT2D eigenvalue weighted by molar-refractivity contribution is 7.89. The number of sulfonamides is 1. The fourth-order valence-electron chi connectivity index (χ4n) is 1.47. The van der Waals surface area contributed by atoms with E-state index >= 15 is 0 Å². The number of β-amino-alcohol motifs (C(OH)–C–C–N with tert-alkyl or cyclic N) is 1. The van der Waals surface area contributed by atoms with E-state index in [2.05, 4.69) is 0 Å². The summed E-state index contributed by atoms with van der Waals surface area (Å²) in [5, 5.41) is 9.69. The molecule has 0 aromatic carbocycles. The van der Waals surface area contributed by atoms with E-state index < -0.39 is 15.6 Å². The Labute approximate surface area is 91.1 Å². The minimum Gasteiger partial charge on any atom is -0.387 e. The number of aliphatic hydroxyl groups is 1. The monoisotopic (exact) mass is 237 g/mol. The standard InChI is InChI=1S/C9H19NO4S/c1-3-9(11)7-10(8-9)15(12,13)6-5-14-4-2/h11H,3-8H2,1-2H3. The fourth-order valence-corrected chi connectivity index (χ4v) is 2.93. The van der Waals surface area contributed by atoms with Gasteiger partial charge in [0.1, 0.15) is 0 Å². The third-order valence-electron chi connectivity index (χ3n) is 2.68. The Morgan fingerprint density at radius 1 is 1.40 bits per heavy atom. The maximum absolute atomic E-state index is 11.6. The second-order valence-electron chi connectivity index (χ2n) is 3.86. The predicted octanol–water partition coefficient (Wildman–Crippen LogP) is -0.191. The van der Waals surface area contributed by atoms with Gasteiger partial charge in [-0.15, -0.1) is 0 Å². The molecule has 1 rings (SSSR count). The summed E-state index contributed by atoms with van der Waals surface area (Å²) in [6, 6.07) is 0. The summed E-state index contributed by atoms with van der Waals surface area (Å²) in [4.78, 5) is 0. The quantitative estimate of drug-likeness (QED) is 0.650. The van der Waals surface area contributed by atoms with Gasteiger partial charge < -0.3 is 9.84 Å². The lowest BCUT2D eigenvalue weighted by Crippen LogP contribution is -2.63. The van der Waals surface area contributed by atoms with E-state index in [0.717, 1.165) is 0 Å². The summed E-state index contributed by atoms with van der Waals surface area (Å²) in [5.74, 6) is 0.000629. The summed E-state index contributed by atoms with van der Waals surface area (Å²) in [7, 11) is -3.23. The molecule has 1 fully saturated rings. The third-order valence-corrected chi connectivity index (χ3v) is 4.41. The van der Waals surface area contributed by atoms with Crippen molar-refractivity contribution < 1.29 is 18.3 Å². The molecular weight excluding hydrogens is 218 g/mol. The average molecular weight is 237 g/mol. The predicted molar refractivity (Wildman–Crippen MR) is 57.1 cm³/mol. The highest BCUT2D eigenvalue weighted by Crippen LogP contribution is 2.26. The van der Waals surface area contributed by atoms with Gasteiger partial charge in [0.2, 0.25) is 10.0 Å². The molecule has 90 valence electrons. The van der Waals surface area contributed by atoms with Gasteiger partial charge in [-0.3, -0.25) is 0 Å². The zero-order valence-corrected chi connectivity index (χ0v) is 10.1. The molecular formula is C9H19NO4S. The van der Waals surface area contributed by atoms with Crippen LogP contribution in [0, 0.1) is 0 Å². The fraction of sp³-hybridized carbons (Fsp3) is 1.00. The first-order valence-electron chi connectivity index (χ1n) is 5.21. The van der Waals surface area contributed by atoms with Gasteiger partial charge in [0.05, 0.1) is 18.0 Å². The van der Waals surface area contributed by atoms with Gasteiger partial charge in [-0.05, 0) is 13.3 Å². The first-order chi connectivity index (χ1) is 6.93. The van der Waals surface area contributed by atoms with Crippen LogP contribution in [0.1, 0.15) is 20.3 Å². The van der Waals surface area contributed by atoms with E-state index in [1.165, 1.54) is 4.31 Å². The number of hydrogen-bond donors (Lipinski definition) is 1. The number of rotatable bonds is 6. The maximum atomic E-state index is 11.6. The molecule has 1 aliphatic rings. The first-order valence-corrected chi connectivity index (χ1v) is 6.82. The molecule has 0 spiro atoms. The summed E-state index contributed by atoms with van der Waals surface area (Å²) < 4.78 is 29.6. The lowest BCUT2D eigenvalue weighted by Gasteiger charge is -2.44. The van der Waals surface area contributed by atoms with Crippen molar-refractivity contribution in [3.8, 4) is 0 Å². The Hall–Kier alpha value is -0.170. The van der Waals surface area contributed by atoms with Gasteiger partial charge >= 0.3 is 0 Å². The minimum absolute atomic E-state index is 0.000629. The topological polar surface area (TPSA) is 66.8 Å².